The van der Waals surface area contributed by atoms with Gasteiger partial charge in [-0.2, -0.15) is 0 Å². The lowest BCUT2D eigenvalue weighted by atomic mass is 9.60. The molecule has 1 aliphatic carbocycles. The Morgan fingerprint density at radius 2 is 1.89 bits per heavy atom. The van der Waals surface area contributed by atoms with Gasteiger partial charge in [-0.3, -0.25) is 4.79 Å². The Morgan fingerprint density at radius 3 is 2.47 bits per heavy atom. The molecule has 1 spiro atoms. The molecule has 2 aliphatic rings. The zero-order chi connectivity index (χ0) is 13.9. The van der Waals surface area contributed by atoms with Gasteiger partial charge < -0.3 is 14.2 Å². The number of ether oxygens (including phenoxy) is 3. The highest BCUT2D eigenvalue weighted by atomic mass is 16.7. The molecule has 4 heteroatoms. The molecule has 1 saturated carbocycles. The molecule has 0 bridgehead atoms. The Kier molecular flexibility index (Phi) is 4.51. The van der Waals surface area contributed by atoms with Crippen LogP contribution in [0.2, 0.25) is 0 Å². The van der Waals surface area contributed by atoms with Gasteiger partial charge in [0, 0.05) is 11.8 Å². The smallest absolute Gasteiger partial charge is 0.309 e. The van der Waals surface area contributed by atoms with Crippen molar-refractivity contribution in [1.29, 1.82) is 0 Å². The molecule has 2 rings (SSSR count). The maximum absolute atomic E-state index is 12.1. The summed E-state index contributed by atoms with van der Waals surface area (Å²) in [6.45, 7) is 5.40. The number of methoxy groups -OCH3 is 1. The van der Waals surface area contributed by atoms with Gasteiger partial charge >= 0.3 is 5.97 Å². The van der Waals surface area contributed by atoms with E-state index in [9.17, 15) is 4.79 Å². The van der Waals surface area contributed by atoms with Gasteiger partial charge in [0.25, 0.3) is 0 Å². The Balaban J connectivity index is 2.36. The van der Waals surface area contributed by atoms with E-state index in [0.29, 0.717) is 13.2 Å². The van der Waals surface area contributed by atoms with Crippen LogP contribution in [0.15, 0.2) is 0 Å². The zero-order valence-corrected chi connectivity index (χ0v) is 12.4. The second-order valence-corrected chi connectivity index (χ2v) is 5.81. The molecule has 0 aromatic carbocycles. The normalized spacial score (nSPS) is 31.3. The molecular formula is C15H26O4. The molecule has 0 N–H and O–H groups in total. The van der Waals surface area contributed by atoms with Crippen molar-refractivity contribution >= 4 is 5.97 Å². The Labute approximate surface area is 115 Å². The van der Waals surface area contributed by atoms with Crippen LogP contribution >= 0.6 is 0 Å². The molecule has 110 valence electrons. The predicted octanol–water partition coefficient (Wildman–Crippen LogP) is 2.90. The SMILES string of the molecule is CCCC1(C(C)C(=O)OC)CCCCC12OCCO2. The highest BCUT2D eigenvalue weighted by Gasteiger charge is 2.60. The van der Waals surface area contributed by atoms with Crippen LogP contribution in [-0.4, -0.2) is 32.1 Å². The van der Waals surface area contributed by atoms with Crippen LogP contribution in [0.3, 0.4) is 0 Å². The van der Waals surface area contributed by atoms with Crippen LogP contribution in [0.25, 0.3) is 0 Å². The van der Waals surface area contributed by atoms with E-state index in [4.69, 9.17) is 14.2 Å². The monoisotopic (exact) mass is 270 g/mol. The molecular weight excluding hydrogens is 244 g/mol. The lowest BCUT2D eigenvalue weighted by Crippen LogP contribution is -2.56. The van der Waals surface area contributed by atoms with E-state index >= 15 is 0 Å². The minimum absolute atomic E-state index is 0.145. The van der Waals surface area contributed by atoms with Crippen molar-refractivity contribution in [3.63, 3.8) is 0 Å². The second-order valence-electron chi connectivity index (χ2n) is 5.81. The Hall–Kier alpha value is -0.610. The van der Waals surface area contributed by atoms with Crippen molar-refractivity contribution in [3.05, 3.63) is 0 Å². The molecule has 1 heterocycles. The molecule has 2 fully saturated rings. The third-order valence-electron chi connectivity index (χ3n) is 4.97. The maximum atomic E-state index is 12.1. The summed E-state index contributed by atoms with van der Waals surface area (Å²) in [5.74, 6) is -0.890. The fraction of sp³-hybridized carbons (Fsp3) is 0.933. The first-order valence-electron chi connectivity index (χ1n) is 7.47. The minimum Gasteiger partial charge on any atom is -0.469 e. The molecule has 2 atom stereocenters. The van der Waals surface area contributed by atoms with Crippen LogP contribution in [0.5, 0.6) is 0 Å². The van der Waals surface area contributed by atoms with Gasteiger partial charge in [0.05, 0.1) is 26.2 Å². The van der Waals surface area contributed by atoms with Crippen LogP contribution in [0.1, 0.15) is 52.4 Å². The molecule has 0 amide bonds. The van der Waals surface area contributed by atoms with E-state index in [-0.39, 0.29) is 17.3 Å². The molecule has 1 aliphatic heterocycles. The van der Waals surface area contributed by atoms with Crippen LogP contribution in [-0.2, 0) is 19.0 Å². The first-order valence-corrected chi connectivity index (χ1v) is 7.47. The van der Waals surface area contributed by atoms with Crippen LogP contribution in [0.4, 0.5) is 0 Å². The first-order chi connectivity index (χ1) is 9.12. The lowest BCUT2D eigenvalue weighted by Gasteiger charge is -2.52. The van der Waals surface area contributed by atoms with Gasteiger partial charge in [-0.1, -0.05) is 26.7 Å². The van der Waals surface area contributed by atoms with Crippen molar-refractivity contribution < 1.29 is 19.0 Å². The fourth-order valence-corrected chi connectivity index (χ4v) is 4.05. The lowest BCUT2D eigenvalue weighted by molar-refractivity contribution is -0.274. The molecule has 0 aromatic rings. The van der Waals surface area contributed by atoms with Crippen molar-refractivity contribution in [2.75, 3.05) is 20.3 Å². The highest BCUT2D eigenvalue weighted by molar-refractivity contribution is 5.73. The van der Waals surface area contributed by atoms with E-state index in [1.165, 1.54) is 7.11 Å². The number of carbonyl (C=O) groups is 1. The van der Waals surface area contributed by atoms with Crippen LogP contribution in [0, 0.1) is 11.3 Å². The average molecular weight is 270 g/mol. The van der Waals surface area contributed by atoms with Gasteiger partial charge in [-0.05, 0) is 19.3 Å². The Bertz CT molecular complexity index is 318. The van der Waals surface area contributed by atoms with Crippen LogP contribution < -0.4 is 0 Å². The summed E-state index contributed by atoms with van der Waals surface area (Å²) < 4.78 is 17.1. The number of rotatable bonds is 4. The Morgan fingerprint density at radius 1 is 1.26 bits per heavy atom. The van der Waals surface area contributed by atoms with Gasteiger partial charge in [-0.25, -0.2) is 0 Å². The van der Waals surface area contributed by atoms with Crippen molar-refractivity contribution in [2.24, 2.45) is 11.3 Å². The summed E-state index contributed by atoms with van der Waals surface area (Å²) in [5, 5.41) is 0. The van der Waals surface area contributed by atoms with Crippen molar-refractivity contribution in [1.82, 2.24) is 0 Å². The van der Waals surface area contributed by atoms with E-state index in [0.717, 1.165) is 38.5 Å². The molecule has 4 nitrogen and oxygen atoms in total. The topological polar surface area (TPSA) is 44.8 Å². The standard InChI is InChI=1S/C15H26O4/c1-4-7-14(12(2)13(16)17-3)8-5-6-9-15(14)18-10-11-19-15/h12H,4-11H2,1-3H3. The van der Waals surface area contributed by atoms with E-state index in [1.807, 2.05) is 6.92 Å². The first kappa shape index (κ1) is 14.8. The summed E-state index contributed by atoms with van der Waals surface area (Å²) in [7, 11) is 1.46. The average Bonchev–Trinajstić information content (AvgIpc) is 2.90. The van der Waals surface area contributed by atoms with E-state index < -0.39 is 5.79 Å². The third kappa shape index (κ3) is 2.29. The summed E-state index contributed by atoms with van der Waals surface area (Å²) in [5.41, 5.74) is -0.233. The fourth-order valence-electron chi connectivity index (χ4n) is 4.05. The summed E-state index contributed by atoms with van der Waals surface area (Å²) >= 11 is 0. The number of esters is 1. The number of hydrogen-bond acceptors (Lipinski definition) is 4. The predicted molar refractivity (Wildman–Crippen MR) is 71.6 cm³/mol. The maximum Gasteiger partial charge on any atom is 0.309 e. The largest absolute Gasteiger partial charge is 0.469 e. The minimum atomic E-state index is -0.561. The number of hydrogen-bond donors (Lipinski definition) is 0. The molecule has 0 radical (unpaired) electrons. The zero-order valence-electron chi connectivity index (χ0n) is 12.4. The summed E-state index contributed by atoms with van der Waals surface area (Å²) in [6, 6.07) is 0. The quantitative estimate of drug-likeness (QED) is 0.737. The third-order valence-corrected chi connectivity index (χ3v) is 4.97. The van der Waals surface area contributed by atoms with Gasteiger partial charge in [0.1, 0.15) is 0 Å². The van der Waals surface area contributed by atoms with Crippen molar-refractivity contribution in [2.45, 2.75) is 58.2 Å². The summed E-state index contributed by atoms with van der Waals surface area (Å²) in [4.78, 5) is 12.1. The van der Waals surface area contributed by atoms with Gasteiger partial charge in [0.2, 0.25) is 0 Å². The number of carbonyl (C=O) groups excluding carboxylic acids is 1. The molecule has 19 heavy (non-hydrogen) atoms. The molecule has 2 unspecified atom stereocenters. The summed E-state index contributed by atoms with van der Waals surface area (Å²) in [6.07, 6.45) is 6.10. The second kappa shape index (κ2) is 5.80. The van der Waals surface area contributed by atoms with Gasteiger partial charge in [-0.15, -0.1) is 0 Å². The van der Waals surface area contributed by atoms with E-state index in [1.54, 1.807) is 0 Å². The highest BCUT2D eigenvalue weighted by Crippen LogP contribution is 2.56. The molecule has 0 aromatic heterocycles. The molecule has 1 saturated heterocycles. The van der Waals surface area contributed by atoms with Gasteiger partial charge in [0.15, 0.2) is 5.79 Å². The van der Waals surface area contributed by atoms with Crippen molar-refractivity contribution in [3.8, 4) is 0 Å². The van der Waals surface area contributed by atoms with E-state index in [2.05, 4.69) is 6.92 Å².